The minimum Gasteiger partial charge on any atom is -0.465 e. The van der Waals surface area contributed by atoms with E-state index in [0.717, 1.165) is 22.5 Å². The SMILES string of the molecule is O=C(O)N1CC[C@H](Cn2ccc3c(N4CCOC[C@@H]4c4ccc(C(F)(F)F)cn4)ncnc32)[C@@H](F)C1. The van der Waals surface area contributed by atoms with Gasteiger partial charge in [-0.05, 0) is 24.6 Å². The lowest BCUT2D eigenvalue weighted by Crippen LogP contribution is -2.45. The molecule has 1 N–H and O–H groups in total. The summed E-state index contributed by atoms with van der Waals surface area (Å²) in [5, 5.41) is 9.83. The Morgan fingerprint density at radius 2 is 2.00 bits per heavy atom. The monoisotopic (exact) mass is 508 g/mol. The van der Waals surface area contributed by atoms with Crippen molar-refractivity contribution in [2.45, 2.75) is 31.4 Å². The normalized spacial score (nSPS) is 23.3. The van der Waals surface area contributed by atoms with Crippen molar-refractivity contribution in [1.82, 2.24) is 24.4 Å². The lowest BCUT2D eigenvalue weighted by atomic mass is 9.95. The third kappa shape index (κ3) is 4.66. The average molecular weight is 508 g/mol. The van der Waals surface area contributed by atoms with E-state index in [0.29, 0.717) is 43.3 Å². The van der Waals surface area contributed by atoms with Crippen molar-refractivity contribution in [2.24, 2.45) is 5.92 Å². The first-order valence-electron chi connectivity index (χ1n) is 11.5. The van der Waals surface area contributed by atoms with Crippen LogP contribution < -0.4 is 4.90 Å². The molecule has 2 saturated heterocycles. The molecule has 13 heteroatoms. The van der Waals surface area contributed by atoms with Crippen molar-refractivity contribution in [1.29, 1.82) is 0 Å². The number of fused-ring (bicyclic) bond motifs is 1. The number of pyridine rings is 1. The van der Waals surface area contributed by atoms with Crippen LogP contribution in [0.4, 0.5) is 28.2 Å². The Balaban J connectivity index is 1.40. The van der Waals surface area contributed by atoms with Crippen molar-refractivity contribution in [3.63, 3.8) is 0 Å². The van der Waals surface area contributed by atoms with Crippen LogP contribution in [0.15, 0.2) is 36.9 Å². The molecule has 192 valence electrons. The highest BCUT2D eigenvalue weighted by Gasteiger charge is 2.34. The fourth-order valence-corrected chi connectivity index (χ4v) is 4.82. The number of piperidine rings is 1. The highest BCUT2D eigenvalue weighted by Crippen LogP contribution is 2.34. The number of hydrogen-bond acceptors (Lipinski definition) is 6. The molecule has 5 rings (SSSR count). The standard InChI is InChI=1S/C23H24F4N6O3/c24-17-11-32(22(34)35)5-3-14(17)10-31-6-4-16-20(31)29-13-30-21(16)33-7-8-36-12-19(33)18-2-1-15(9-28-18)23(25,26)27/h1-2,4,6,9,13-14,17,19H,3,5,7-8,10-12H2,(H,34,35)/t14-,17+,19-/m1/s1. The van der Waals surface area contributed by atoms with Gasteiger partial charge in [0.2, 0.25) is 0 Å². The van der Waals surface area contributed by atoms with Gasteiger partial charge in [-0.25, -0.2) is 19.2 Å². The molecule has 0 radical (unpaired) electrons. The highest BCUT2D eigenvalue weighted by molar-refractivity contribution is 5.88. The molecule has 1 amide bonds. The van der Waals surface area contributed by atoms with Gasteiger partial charge in [0.15, 0.2) is 0 Å². The zero-order chi connectivity index (χ0) is 25.4. The fourth-order valence-electron chi connectivity index (χ4n) is 4.82. The van der Waals surface area contributed by atoms with Crippen molar-refractivity contribution < 1.29 is 32.2 Å². The van der Waals surface area contributed by atoms with E-state index in [2.05, 4.69) is 15.0 Å². The van der Waals surface area contributed by atoms with Crippen LogP contribution in [0.3, 0.4) is 0 Å². The van der Waals surface area contributed by atoms with E-state index in [1.54, 1.807) is 6.20 Å². The second-order valence-corrected chi connectivity index (χ2v) is 8.95. The van der Waals surface area contributed by atoms with Crippen molar-refractivity contribution in [2.75, 3.05) is 37.7 Å². The van der Waals surface area contributed by atoms with E-state index in [9.17, 15) is 22.4 Å². The number of nitrogens with zero attached hydrogens (tertiary/aromatic N) is 6. The van der Waals surface area contributed by atoms with E-state index < -0.39 is 30.0 Å². The molecule has 5 heterocycles. The molecule has 0 bridgehead atoms. The zero-order valence-electron chi connectivity index (χ0n) is 19.1. The maximum atomic E-state index is 14.7. The number of rotatable bonds is 4. The second kappa shape index (κ2) is 9.52. The van der Waals surface area contributed by atoms with Gasteiger partial charge in [0, 0.05) is 37.9 Å². The molecular weight excluding hydrogens is 484 g/mol. The van der Waals surface area contributed by atoms with Crippen molar-refractivity contribution in [3.05, 3.63) is 48.2 Å². The minimum atomic E-state index is -4.47. The summed E-state index contributed by atoms with van der Waals surface area (Å²) in [5.41, 5.74) is 0.203. The topological polar surface area (TPSA) is 96.6 Å². The van der Waals surface area contributed by atoms with E-state index in [1.165, 1.54) is 12.4 Å². The van der Waals surface area contributed by atoms with E-state index in [1.807, 2.05) is 15.5 Å². The number of likely N-dealkylation sites (tertiary alicyclic amines) is 1. The number of amides is 1. The molecule has 2 aliphatic heterocycles. The summed E-state index contributed by atoms with van der Waals surface area (Å²) in [6.07, 6.45) is -2.47. The van der Waals surface area contributed by atoms with Crippen LogP contribution >= 0.6 is 0 Å². The number of ether oxygens (including phenoxy) is 1. The molecule has 3 atom stereocenters. The van der Waals surface area contributed by atoms with Crippen LogP contribution in [-0.2, 0) is 17.5 Å². The van der Waals surface area contributed by atoms with Gasteiger partial charge in [-0.1, -0.05) is 0 Å². The first-order valence-corrected chi connectivity index (χ1v) is 11.5. The Hall–Kier alpha value is -3.48. The molecule has 3 aromatic rings. The number of aromatic nitrogens is 4. The zero-order valence-corrected chi connectivity index (χ0v) is 19.1. The Morgan fingerprint density at radius 1 is 1.17 bits per heavy atom. The number of halogens is 4. The van der Waals surface area contributed by atoms with Crippen molar-refractivity contribution >= 4 is 22.9 Å². The molecule has 0 saturated carbocycles. The van der Waals surface area contributed by atoms with E-state index in [4.69, 9.17) is 9.84 Å². The van der Waals surface area contributed by atoms with Crippen LogP contribution in [0, 0.1) is 5.92 Å². The molecule has 0 spiro atoms. The van der Waals surface area contributed by atoms with Gasteiger partial charge in [0.25, 0.3) is 0 Å². The summed E-state index contributed by atoms with van der Waals surface area (Å²) in [6.45, 7) is 1.54. The van der Waals surface area contributed by atoms with Gasteiger partial charge in [-0.3, -0.25) is 4.98 Å². The first kappa shape index (κ1) is 24.2. The second-order valence-electron chi connectivity index (χ2n) is 8.95. The maximum Gasteiger partial charge on any atom is 0.417 e. The molecular formula is C23H24F4N6O3. The molecule has 2 fully saturated rings. The summed E-state index contributed by atoms with van der Waals surface area (Å²) < 4.78 is 61.1. The Labute approximate surface area is 203 Å². The van der Waals surface area contributed by atoms with Gasteiger partial charge in [0.1, 0.15) is 24.0 Å². The summed E-state index contributed by atoms with van der Waals surface area (Å²) in [7, 11) is 0. The molecule has 0 unspecified atom stereocenters. The number of morpholine rings is 1. The Kier molecular flexibility index (Phi) is 6.41. The minimum absolute atomic E-state index is 0.158. The lowest BCUT2D eigenvalue weighted by Gasteiger charge is -2.36. The quantitative estimate of drug-likeness (QED) is 0.536. The van der Waals surface area contributed by atoms with Gasteiger partial charge < -0.3 is 24.2 Å². The molecule has 2 aliphatic rings. The lowest BCUT2D eigenvalue weighted by molar-refractivity contribution is -0.137. The van der Waals surface area contributed by atoms with Crippen LogP contribution in [0.1, 0.15) is 23.7 Å². The number of hydrogen-bond donors (Lipinski definition) is 1. The first-order chi connectivity index (χ1) is 17.2. The summed E-state index contributed by atoms with van der Waals surface area (Å²) in [6, 6.07) is 3.74. The van der Waals surface area contributed by atoms with Crippen LogP contribution in [0.25, 0.3) is 11.0 Å². The molecule has 0 aromatic carbocycles. The predicted octanol–water partition coefficient (Wildman–Crippen LogP) is 3.76. The van der Waals surface area contributed by atoms with E-state index >= 15 is 0 Å². The number of anilines is 1. The summed E-state index contributed by atoms with van der Waals surface area (Å²) in [5.74, 6) is 0.230. The largest absolute Gasteiger partial charge is 0.465 e. The van der Waals surface area contributed by atoms with Gasteiger partial charge >= 0.3 is 12.3 Å². The molecule has 9 nitrogen and oxygen atoms in total. The van der Waals surface area contributed by atoms with Crippen LogP contribution in [-0.4, -0.2) is 74.6 Å². The third-order valence-corrected chi connectivity index (χ3v) is 6.77. The molecule has 0 aliphatic carbocycles. The van der Waals surface area contributed by atoms with Gasteiger partial charge in [-0.15, -0.1) is 0 Å². The maximum absolute atomic E-state index is 14.7. The van der Waals surface area contributed by atoms with E-state index in [-0.39, 0.29) is 25.6 Å². The predicted molar refractivity (Wildman–Crippen MR) is 120 cm³/mol. The molecule has 3 aromatic heterocycles. The average Bonchev–Trinajstić information content (AvgIpc) is 3.27. The Bertz CT molecular complexity index is 1230. The van der Waals surface area contributed by atoms with Crippen LogP contribution in [0.2, 0.25) is 0 Å². The smallest absolute Gasteiger partial charge is 0.417 e. The fraction of sp³-hybridized carbons (Fsp3) is 0.478. The number of carbonyl (C=O) groups is 1. The highest BCUT2D eigenvalue weighted by atomic mass is 19.4. The number of alkyl halides is 4. The Morgan fingerprint density at radius 3 is 2.69 bits per heavy atom. The van der Waals surface area contributed by atoms with Crippen LogP contribution in [0.5, 0.6) is 0 Å². The third-order valence-electron chi connectivity index (χ3n) is 6.77. The van der Waals surface area contributed by atoms with Crippen molar-refractivity contribution in [3.8, 4) is 0 Å². The molecule has 36 heavy (non-hydrogen) atoms. The van der Waals surface area contributed by atoms with Gasteiger partial charge in [0.05, 0.1) is 42.4 Å². The summed E-state index contributed by atoms with van der Waals surface area (Å²) >= 11 is 0. The number of carboxylic acid groups (broad SMARTS) is 1. The summed E-state index contributed by atoms with van der Waals surface area (Å²) in [4.78, 5) is 27.1. The van der Waals surface area contributed by atoms with Gasteiger partial charge in [-0.2, -0.15) is 13.2 Å².